The van der Waals surface area contributed by atoms with Gasteiger partial charge in [-0.2, -0.15) is 0 Å². The summed E-state index contributed by atoms with van der Waals surface area (Å²) in [6, 6.07) is 1.66. The Bertz CT molecular complexity index is 289. The molecule has 25 heavy (non-hydrogen) atoms. The lowest BCUT2D eigenvalue weighted by atomic mass is 10.3. The van der Waals surface area contributed by atoms with Crippen LogP contribution in [0.1, 0.15) is 13.8 Å². The minimum atomic E-state index is -2.47. The van der Waals surface area contributed by atoms with Crippen LogP contribution in [-0.4, -0.2) is 71.8 Å². The van der Waals surface area contributed by atoms with Gasteiger partial charge in [0.25, 0.3) is 0 Å². The van der Waals surface area contributed by atoms with Crippen molar-refractivity contribution in [3.63, 3.8) is 0 Å². The molecule has 0 radical (unpaired) electrons. The van der Waals surface area contributed by atoms with Crippen molar-refractivity contribution < 1.29 is 26.6 Å². The Labute approximate surface area is 167 Å². The van der Waals surface area contributed by atoms with Crippen LogP contribution in [0.25, 0.3) is 0 Å². The average molecular weight is 451 g/mol. The predicted molar refractivity (Wildman–Crippen MR) is 114 cm³/mol. The van der Waals surface area contributed by atoms with E-state index in [0.717, 1.165) is 23.6 Å². The molecule has 0 heterocycles. The van der Waals surface area contributed by atoms with Gasteiger partial charge in [-0.25, -0.2) is 0 Å². The minimum Gasteiger partial charge on any atom is -0.377 e. The van der Waals surface area contributed by atoms with Crippen LogP contribution in [0, 0.1) is 11.8 Å². The Morgan fingerprint density at radius 2 is 0.880 bits per heavy atom. The van der Waals surface area contributed by atoms with Crippen LogP contribution in [0.3, 0.4) is 0 Å². The van der Waals surface area contributed by atoms with Crippen molar-refractivity contribution in [3.8, 4) is 0 Å². The highest BCUT2D eigenvalue weighted by Crippen LogP contribution is 2.39. The van der Waals surface area contributed by atoms with Crippen LogP contribution < -0.4 is 0 Å². The van der Waals surface area contributed by atoms with Gasteiger partial charge >= 0.3 is 17.6 Å². The van der Waals surface area contributed by atoms with Crippen LogP contribution in [0.2, 0.25) is 12.1 Å². The third-order valence-corrected chi connectivity index (χ3v) is 14.7. The molecule has 0 aliphatic rings. The Morgan fingerprint density at radius 1 is 0.600 bits per heavy atom. The molecule has 0 fully saturated rings. The first-order valence-electron chi connectivity index (χ1n) is 8.08. The second kappa shape index (κ2) is 14.3. The van der Waals surface area contributed by atoms with E-state index in [4.69, 9.17) is 26.6 Å². The Hall–Kier alpha value is 1.24. The van der Waals surface area contributed by atoms with Crippen LogP contribution >= 0.6 is 31.4 Å². The van der Waals surface area contributed by atoms with Crippen molar-refractivity contribution in [1.82, 2.24) is 0 Å². The quantitative estimate of drug-likeness (QED) is 0.197. The number of rotatable bonds is 16. The third-order valence-electron chi connectivity index (χ3n) is 3.86. The van der Waals surface area contributed by atoms with E-state index in [9.17, 15) is 0 Å². The Kier molecular flexibility index (Phi) is 15.0. The van der Waals surface area contributed by atoms with Crippen molar-refractivity contribution in [2.75, 3.05) is 54.2 Å². The molecule has 0 spiro atoms. The zero-order valence-electron chi connectivity index (χ0n) is 16.7. The molecule has 0 aromatic heterocycles. The highest BCUT2D eigenvalue weighted by atomic mass is 33.5. The molecule has 6 nitrogen and oxygen atoms in total. The van der Waals surface area contributed by atoms with Crippen molar-refractivity contribution in [3.05, 3.63) is 0 Å². The van der Waals surface area contributed by atoms with E-state index in [-0.39, 0.29) is 0 Å². The zero-order valence-corrected chi connectivity index (χ0v) is 21.1. The lowest BCUT2D eigenvalue weighted by molar-refractivity contribution is 0.119. The third kappa shape index (κ3) is 9.83. The summed E-state index contributed by atoms with van der Waals surface area (Å²) in [6.45, 7) is 4.41. The first-order valence-corrected chi connectivity index (χ1v) is 15.8. The van der Waals surface area contributed by atoms with E-state index in [1.54, 1.807) is 42.7 Å². The summed E-state index contributed by atoms with van der Waals surface area (Å²) in [4.78, 5) is 0. The van der Waals surface area contributed by atoms with Gasteiger partial charge in [0.05, 0.1) is 0 Å². The van der Waals surface area contributed by atoms with Crippen LogP contribution in [0.15, 0.2) is 0 Å². The van der Waals surface area contributed by atoms with Gasteiger partial charge in [0.1, 0.15) is 0 Å². The van der Waals surface area contributed by atoms with Gasteiger partial charge in [-0.1, -0.05) is 35.4 Å². The summed E-state index contributed by atoms with van der Waals surface area (Å²) in [6.07, 6.45) is 0. The van der Waals surface area contributed by atoms with Gasteiger partial charge in [-0.3, -0.25) is 0 Å². The van der Waals surface area contributed by atoms with Gasteiger partial charge in [-0.05, 0) is 21.7 Å². The Morgan fingerprint density at radius 3 is 1.12 bits per heavy atom. The highest BCUT2D eigenvalue weighted by molar-refractivity contribution is 9.09. The molecule has 0 saturated carbocycles. The second-order valence-corrected chi connectivity index (χ2v) is 16.2. The summed E-state index contributed by atoms with van der Waals surface area (Å²) in [5, 5.41) is 0. The molecular weight excluding hydrogens is 417 g/mol. The van der Waals surface area contributed by atoms with Gasteiger partial charge in [0.15, 0.2) is 0 Å². The molecule has 0 saturated heterocycles. The highest BCUT2D eigenvalue weighted by Gasteiger charge is 2.40. The van der Waals surface area contributed by atoms with E-state index in [1.807, 2.05) is 31.4 Å². The summed E-state index contributed by atoms with van der Waals surface area (Å²) in [5.74, 6) is 3.00. The maximum Gasteiger partial charge on any atom is 0.500 e. The lowest BCUT2D eigenvalue weighted by Gasteiger charge is -2.27. The maximum atomic E-state index is 5.49. The molecule has 11 heteroatoms. The Balaban J connectivity index is 4.02. The smallest absolute Gasteiger partial charge is 0.377 e. The fourth-order valence-electron chi connectivity index (χ4n) is 2.29. The molecule has 0 aromatic rings. The molecule has 0 amide bonds. The van der Waals surface area contributed by atoms with E-state index in [0.29, 0.717) is 11.8 Å². The van der Waals surface area contributed by atoms with Crippen molar-refractivity contribution in [2.24, 2.45) is 11.8 Å². The first kappa shape index (κ1) is 26.2. The number of hydrogen-bond donors (Lipinski definition) is 0. The summed E-state index contributed by atoms with van der Waals surface area (Å²) in [7, 11) is 10.6. The fourth-order valence-corrected chi connectivity index (χ4v) is 11.1. The van der Waals surface area contributed by atoms with Gasteiger partial charge in [0.2, 0.25) is 0 Å². The molecule has 2 atom stereocenters. The minimum absolute atomic E-state index is 0.470. The zero-order chi connectivity index (χ0) is 19.3. The van der Waals surface area contributed by atoms with Crippen LogP contribution in [0.4, 0.5) is 0 Å². The largest absolute Gasteiger partial charge is 0.500 e. The molecule has 0 aliphatic heterocycles. The normalized spacial score (nSPS) is 15.4. The molecule has 0 N–H and O–H groups in total. The average Bonchev–Trinajstić information content (AvgIpc) is 2.64. The van der Waals surface area contributed by atoms with E-state index >= 15 is 0 Å². The molecule has 0 bridgehead atoms. The van der Waals surface area contributed by atoms with E-state index in [2.05, 4.69) is 13.8 Å². The lowest BCUT2D eigenvalue weighted by Crippen LogP contribution is -2.44. The molecular formula is C14H34O6S3Si2. The van der Waals surface area contributed by atoms with Crippen LogP contribution in [-0.2, 0) is 26.6 Å². The van der Waals surface area contributed by atoms with Gasteiger partial charge < -0.3 is 26.6 Å². The van der Waals surface area contributed by atoms with Crippen molar-refractivity contribution in [1.29, 1.82) is 0 Å². The van der Waals surface area contributed by atoms with Crippen molar-refractivity contribution in [2.45, 2.75) is 25.9 Å². The van der Waals surface area contributed by atoms with Crippen LogP contribution in [0.5, 0.6) is 0 Å². The predicted octanol–water partition coefficient (Wildman–Crippen LogP) is 4.04. The monoisotopic (exact) mass is 450 g/mol. The SMILES string of the molecule is CO[Si](CC(C)CSSSCC(C)C[Si](OC)(OC)OC)(OC)OC. The van der Waals surface area contributed by atoms with E-state index < -0.39 is 17.6 Å². The summed E-state index contributed by atoms with van der Waals surface area (Å²) in [5.41, 5.74) is 0. The van der Waals surface area contributed by atoms with Gasteiger partial charge in [0, 0.05) is 66.3 Å². The molecule has 152 valence electrons. The fraction of sp³-hybridized carbons (Fsp3) is 1.00. The molecule has 0 aliphatic carbocycles. The van der Waals surface area contributed by atoms with E-state index in [1.165, 1.54) is 0 Å². The summed E-state index contributed by atoms with van der Waals surface area (Å²) < 4.78 is 32.9. The number of hydrogen-bond acceptors (Lipinski definition) is 9. The standard InChI is InChI=1S/C14H34O6S3Si2/c1-13(11-24(15-3,16-4)17-5)9-21-23-22-10-14(2)12-25(18-6,19-7)20-8/h13-14H,9-12H2,1-8H3. The van der Waals surface area contributed by atoms with Crippen molar-refractivity contribution >= 4 is 49.0 Å². The second-order valence-electron chi connectivity index (χ2n) is 5.85. The maximum absolute atomic E-state index is 5.49. The molecule has 2 unspecified atom stereocenters. The van der Waals surface area contributed by atoms with Gasteiger partial charge in [-0.15, -0.1) is 0 Å². The summed E-state index contributed by atoms with van der Waals surface area (Å²) >= 11 is 0. The molecule has 0 rings (SSSR count). The topological polar surface area (TPSA) is 55.4 Å². The molecule has 0 aromatic carbocycles. The first-order chi connectivity index (χ1) is 11.9.